The predicted molar refractivity (Wildman–Crippen MR) is 94.6 cm³/mol. The van der Waals surface area contributed by atoms with Crippen molar-refractivity contribution in [3.8, 4) is 5.69 Å². The molecule has 0 aliphatic heterocycles. The number of thioether (sulfide) groups is 1. The van der Waals surface area contributed by atoms with Gasteiger partial charge in [-0.25, -0.2) is 8.78 Å². The van der Waals surface area contributed by atoms with E-state index in [4.69, 9.17) is 0 Å². The second kappa shape index (κ2) is 7.33. The number of para-hydroxylation sites is 1. The van der Waals surface area contributed by atoms with Gasteiger partial charge < -0.3 is 0 Å². The zero-order chi connectivity index (χ0) is 18.8. The maximum Gasteiger partial charge on any atom is 0.214 e. The summed E-state index contributed by atoms with van der Waals surface area (Å²) in [5.74, 6) is -2.06. The van der Waals surface area contributed by atoms with Crippen LogP contribution in [0.15, 0.2) is 41.6 Å². The molecular weight excluding hydrogens is 358 g/mol. The number of rotatable bonds is 5. The van der Waals surface area contributed by atoms with E-state index in [1.807, 2.05) is 32.0 Å². The van der Waals surface area contributed by atoms with Crippen LogP contribution in [-0.4, -0.2) is 31.2 Å². The highest BCUT2D eigenvalue weighted by Gasteiger charge is 2.23. The van der Waals surface area contributed by atoms with E-state index >= 15 is 0 Å². The Hall–Kier alpha value is -2.61. The second-order valence-electron chi connectivity index (χ2n) is 5.86. The van der Waals surface area contributed by atoms with E-state index in [1.165, 1.54) is 0 Å². The first-order chi connectivity index (χ1) is 12.4. The average Bonchev–Trinajstić information content (AvgIpc) is 3.02. The number of halogens is 2. The van der Waals surface area contributed by atoms with Crippen molar-refractivity contribution in [3.63, 3.8) is 0 Å². The lowest BCUT2D eigenvalue weighted by molar-refractivity contribution is 0.0990. The number of aryl methyl sites for hydroxylation is 2. The smallest absolute Gasteiger partial charge is 0.214 e. The van der Waals surface area contributed by atoms with Crippen molar-refractivity contribution in [3.05, 3.63) is 64.7 Å². The van der Waals surface area contributed by atoms with Crippen molar-refractivity contribution in [2.24, 2.45) is 0 Å². The molecule has 0 bridgehead atoms. The number of ketones is 1. The number of aromatic nitrogens is 4. The van der Waals surface area contributed by atoms with Crippen LogP contribution in [0.3, 0.4) is 0 Å². The summed E-state index contributed by atoms with van der Waals surface area (Å²) < 4.78 is 28.5. The summed E-state index contributed by atoms with van der Waals surface area (Å²) in [7, 11) is 0. The maximum absolute atomic E-state index is 13.9. The maximum atomic E-state index is 13.9. The lowest BCUT2D eigenvalue weighted by Crippen LogP contribution is -2.16. The molecule has 0 amide bonds. The van der Waals surface area contributed by atoms with E-state index in [1.54, 1.807) is 11.6 Å². The molecule has 1 heterocycles. The van der Waals surface area contributed by atoms with Crippen LogP contribution >= 0.6 is 11.8 Å². The number of nitrogens with zero attached hydrogens (tertiary/aromatic N) is 4. The first kappa shape index (κ1) is 18.2. The number of carbonyl (C=O) groups is 1. The second-order valence-corrected chi connectivity index (χ2v) is 7.17. The van der Waals surface area contributed by atoms with Gasteiger partial charge in [0.25, 0.3) is 0 Å². The third-order valence-corrected chi connectivity index (χ3v) is 4.97. The van der Waals surface area contributed by atoms with Crippen molar-refractivity contribution in [1.29, 1.82) is 0 Å². The monoisotopic (exact) mass is 374 g/mol. The molecule has 1 unspecified atom stereocenters. The van der Waals surface area contributed by atoms with E-state index < -0.39 is 22.7 Å². The summed E-state index contributed by atoms with van der Waals surface area (Å²) in [5, 5.41) is 11.5. The minimum Gasteiger partial charge on any atom is -0.293 e. The third-order valence-electron chi connectivity index (χ3n) is 3.94. The Kier molecular flexibility index (Phi) is 5.13. The number of hydrogen-bond donors (Lipinski definition) is 0. The minimum absolute atomic E-state index is 0.155. The molecule has 2 aromatic carbocycles. The number of benzene rings is 2. The number of carbonyl (C=O) groups excluding carboxylic acids is 1. The summed E-state index contributed by atoms with van der Waals surface area (Å²) >= 11 is 1.12. The minimum atomic E-state index is -0.878. The van der Waals surface area contributed by atoms with Crippen LogP contribution in [0.25, 0.3) is 5.69 Å². The van der Waals surface area contributed by atoms with Crippen molar-refractivity contribution >= 4 is 17.5 Å². The van der Waals surface area contributed by atoms with Gasteiger partial charge in [-0.05, 0) is 54.5 Å². The summed E-state index contributed by atoms with van der Waals surface area (Å²) in [6.07, 6.45) is 0. The Morgan fingerprint density at radius 1 is 1.15 bits per heavy atom. The Morgan fingerprint density at radius 3 is 2.50 bits per heavy atom. The summed E-state index contributed by atoms with van der Waals surface area (Å²) in [4.78, 5) is 12.5. The highest BCUT2D eigenvalue weighted by molar-refractivity contribution is 8.00. The number of Topliss-reactive ketones (excluding diaryl/α,β-unsaturated/α-hetero) is 1. The van der Waals surface area contributed by atoms with Crippen molar-refractivity contribution < 1.29 is 13.6 Å². The van der Waals surface area contributed by atoms with E-state index in [2.05, 4.69) is 15.5 Å². The molecular formula is C18H16F2N4OS. The van der Waals surface area contributed by atoms with Crippen LogP contribution in [-0.2, 0) is 0 Å². The molecule has 0 fully saturated rings. The molecule has 1 aromatic heterocycles. The number of tetrazole rings is 1. The van der Waals surface area contributed by atoms with Gasteiger partial charge in [-0.1, -0.05) is 30.0 Å². The fraction of sp³-hybridized carbons (Fsp3) is 0.222. The molecule has 3 rings (SSSR count). The molecule has 26 heavy (non-hydrogen) atoms. The Bertz CT molecular complexity index is 953. The fourth-order valence-electron chi connectivity index (χ4n) is 2.65. The van der Waals surface area contributed by atoms with Crippen LogP contribution in [0.2, 0.25) is 0 Å². The van der Waals surface area contributed by atoms with Crippen LogP contribution in [0, 0.1) is 25.5 Å². The largest absolute Gasteiger partial charge is 0.293 e. The van der Waals surface area contributed by atoms with Gasteiger partial charge in [-0.3, -0.25) is 4.79 Å². The molecule has 3 aromatic rings. The highest BCUT2D eigenvalue weighted by Crippen LogP contribution is 2.28. The lowest BCUT2D eigenvalue weighted by atomic mass is 10.1. The summed E-state index contributed by atoms with van der Waals surface area (Å²) in [6, 6.07) is 8.75. The quantitative estimate of drug-likeness (QED) is 0.500. The Morgan fingerprint density at radius 2 is 1.85 bits per heavy atom. The highest BCUT2D eigenvalue weighted by atomic mass is 32.2. The third kappa shape index (κ3) is 3.50. The topological polar surface area (TPSA) is 60.7 Å². The molecule has 0 radical (unpaired) electrons. The van der Waals surface area contributed by atoms with E-state index in [0.717, 1.165) is 40.7 Å². The van der Waals surface area contributed by atoms with Crippen molar-refractivity contribution in [2.45, 2.75) is 31.2 Å². The summed E-state index contributed by atoms with van der Waals surface area (Å²) in [5.41, 5.74) is 2.66. The molecule has 8 heteroatoms. The van der Waals surface area contributed by atoms with Gasteiger partial charge in [0.15, 0.2) is 5.78 Å². The Labute approximate surface area is 153 Å². The van der Waals surface area contributed by atoms with Crippen LogP contribution in [0.4, 0.5) is 8.78 Å². The van der Waals surface area contributed by atoms with Crippen LogP contribution in [0.1, 0.15) is 28.4 Å². The van der Waals surface area contributed by atoms with Gasteiger partial charge in [0.05, 0.1) is 16.5 Å². The molecule has 0 spiro atoms. The Balaban J connectivity index is 1.88. The number of hydrogen-bond acceptors (Lipinski definition) is 5. The van der Waals surface area contributed by atoms with E-state index in [0.29, 0.717) is 11.2 Å². The average molecular weight is 374 g/mol. The van der Waals surface area contributed by atoms with Crippen molar-refractivity contribution in [2.75, 3.05) is 0 Å². The lowest BCUT2D eigenvalue weighted by Gasteiger charge is -2.13. The normalized spacial score (nSPS) is 12.2. The van der Waals surface area contributed by atoms with Gasteiger partial charge in [0.1, 0.15) is 11.6 Å². The first-order valence-corrected chi connectivity index (χ1v) is 8.77. The summed E-state index contributed by atoms with van der Waals surface area (Å²) in [6.45, 7) is 5.53. The predicted octanol–water partition coefficient (Wildman–Crippen LogP) is 3.92. The van der Waals surface area contributed by atoms with Gasteiger partial charge in [-0.2, -0.15) is 4.68 Å². The van der Waals surface area contributed by atoms with Crippen molar-refractivity contribution in [1.82, 2.24) is 20.2 Å². The van der Waals surface area contributed by atoms with E-state index in [9.17, 15) is 13.6 Å². The first-order valence-electron chi connectivity index (χ1n) is 7.89. The van der Waals surface area contributed by atoms with Crippen LogP contribution in [0.5, 0.6) is 0 Å². The fourth-order valence-corrected chi connectivity index (χ4v) is 3.51. The van der Waals surface area contributed by atoms with Gasteiger partial charge in [-0.15, -0.1) is 5.10 Å². The molecule has 134 valence electrons. The molecule has 0 aliphatic carbocycles. The molecule has 0 aliphatic rings. The SMILES string of the molecule is Cc1cccc(C)c1-n1nnnc1SC(C)C(=O)c1ccc(F)cc1F. The molecule has 0 saturated heterocycles. The molecule has 0 N–H and O–H groups in total. The zero-order valence-electron chi connectivity index (χ0n) is 14.4. The molecule has 1 atom stereocenters. The van der Waals surface area contributed by atoms with Crippen LogP contribution < -0.4 is 0 Å². The zero-order valence-corrected chi connectivity index (χ0v) is 15.2. The molecule has 0 saturated carbocycles. The van der Waals surface area contributed by atoms with Gasteiger partial charge >= 0.3 is 0 Å². The standard InChI is InChI=1S/C18H16F2N4OS/c1-10-5-4-6-11(2)16(10)24-18(21-22-23-24)26-12(3)17(25)14-8-7-13(19)9-15(14)20/h4-9,12H,1-3H3. The van der Waals surface area contributed by atoms with Gasteiger partial charge in [0, 0.05) is 6.07 Å². The van der Waals surface area contributed by atoms with Gasteiger partial charge in [0.2, 0.25) is 5.16 Å². The van der Waals surface area contributed by atoms with E-state index in [-0.39, 0.29) is 5.56 Å². The molecule has 5 nitrogen and oxygen atoms in total.